The molecule has 0 aromatic heterocycles. The molecule has 1 heterocycles. The van der Waals surface area contributed by atoms with Crippen molar-refractivity contribution < 1.29 is 12.8 Å². The normalized spacial score (nSPS) is 22.6. The highest BCUT2D eigenvalue weighted by Crippen LogP contribution is 2.31. The Balaban J connectivity index is 0.00000220. The zero-order valence-corrected chi connectivity index (χ0v) is 15.1. The smallest absolute Gasteiger partial charge is 0.243 e. The largest absolute Gasteiger partial charge is 0.327 e. The summed E-state index contributed by atoms with van der Waals surface area (Å²) in [5.41, 5.74) is 5.72. The highest BCUT2D eigenvalue weighted by Gasteiger charge is 2.38. The lowest BCUT2D eigenvalue weighted by molar-refractivity contribution is 0.155. The maximum atomic E-state index is 13.5. The molecule has 1 atom stereocenters. The topological polar surface area (TPSA) is 63.4 Å². The third kappa shape index (κ3) is 3.76. The molecule has 120 valence electrons. The second kappa shape index (κ2) is 6.50. The van der Waals surface area contributed by atoms with E-state index in [1.54, 1.807) is 0 Å². The van der Waals surface area contributed by atoms with Crippen molar-refractivity contribution in [3.05, 3.63) is 28.5 Å². The third-order valence-corrected chi connectivity index (χ3v) is 6.29. The van der Waals surface area contributed by atoms with Gasteiger partial charge in [0, 0.05) is 19.1 Å². The molecule has 0 bridgehead atoms. The molecule has 1 aromatic rings. The van der Waals surface area contributed by atoms with Crippen molar-refractivity contribution in [2.45, 2.75) is 31.2 Å². The summed E-state index contributed by atoms with van der Waals surface area (Å²) < 4.78 is 40.3. The predicted molar refractivity (Wildman–Crippen MR) is 86.5 cm³/mol. The van der Waals surface area contributed by atoms with Gasteiger partial charge >= 0.3 is 0 Å². The lowest BCUT2D eigenvalue weighted by Crippen LogP contribution is -2.53. The molecule has 1 aliphatic rings. The maximum Gasteiger partial charge on any atom is 0.243 e. The number of hydrogen-bond donors (Lipinski definition) is 1. The quantitative estimate of drug-likeness (QED) is 0.829. The molecule has 0 spiro atoms. The summed E-state index contributed by atoms with van der Waals surface area (Å²) in [4.78, 5) is -0.0236. The fraction of sp³-hybridized carbons (Fsp3) is 0.538. The Kier molecular flexibility index (Phi) is 5.83. The van der Waals surface area contributed by atoms with Gasteiger partial charge in [0.25, 0.3) is 0 Å². The van der Waals surface area contributed by atoms with Crippen LogP contribution in [0, 0.1) is 11.2 Å². The first-order valence-electron chi connectivity index (χ1n) is 6.35. The van der Waals surface area contributed by atoms with E-state index >= 15 is 0 Å². The van der Waals surface area contributed by atoms with Crippen LogP contribution in [-0.4, -0.2) is 31.9 Å². The SMILES string of the molecule is CC1(C)CN(S(=O)(=O)c2ccc(Br)c(F)c2)CCC1N.Cl. The highest BCUT2D eigenvalue weighted by molar-refractivity contribution is 9.10. The molecule has 1 unspecified atom stereocenters. The molecular formula is C13H19BrClFN2O2S. The summed E-state index contributed by atoms with van der Waals surface area (Å²) in [5, 5.41) is 0. The van der Waals surface area contributed by atoms with Crippen molar-refractivity contribution in [1.82, 2.24) is 4.31 Å². The van der Waals surface area contributed by atoms with Crippen LogP contribution in [0.1, 0.15) is 20.3 Å². The van der Waals surface area contributed by atoms with Crippen molar-refractivity contribution in [2.75, 3.05) is 13.1 Å². The van der Waals surface area contributed by atoms with Gasteiger partial charge in [0.05, 0.1) is 9.37 Å². The molecule has 0 radical (unpaired) electrons. The second-order valence-corrected chi connectivity index (χ2v) is 8.59. The van der Waals surface area contributed by atoms with Gasteiger partial charge in [-0.05, 0) is 46.0 Å². The molecule has 4 nitrogen and oxygen atoms in total. The Morgan fingerprint density at radius 2 is 2.05 bits per heavy atom. The Morgan fingerprint density at radius 1 is 1.43 bits per heavy atom. The number of rotatable bonds is 2. The van der Waals surface area contributed by atoms with E-state index < -0.39 is 15.8 Å². The number of piperidine rings is 1. The van der Waals surface area contributed by atoms with Crippen LogP contribution in [-0.2, 0) is 10.0 Å². The Bertz CT molecular complexity index is 625. The van der Waals surface area contributed by atoms with E-state index in [0.29, 0.717) is 19.5 Å². The molecule has 1 fully saturated rings. The van der Waals surface area contributed by atoms with Crippen LogP contribution in [0.4, 0.5) is 4.39 Å². The zero-order valence-electron chi connectivity index (χ0n) is 11.8. The van der Waals surface area contributed by atoms with Gasteiger partial charge in [-0.15, -0.1) is 12.4 Å². The van der Waals surface area contributed by atoms with E-state index in [9.17, 15) is 12.8 Å². The van der Waals surface area contributed by atoms with E-state index in [-0.39, 0.29) is 33.2 Å². The number of nitrogens with two attached hydrogens (primary N) is 1. The van der Waals surface area contributed by atoms with Crippen LogP contribution >= 0.6 is 28.3 Å². The lowest BCUT2D eigenvalue weighted by Gasteiger charge is -2.41. The number of halogens is 3. The van der Waals surface area contributed by atoms with Crippen molar-refractivity contribution in [1.29, 1.82) is 0 Å². The van der Waals surface area contributed by atoms with Crippen molar-refractivity contribution in [2.24, 2.45) is 11.1 Å². The Hall–Kier alpha value is -0.210. The van der Waals surface area contributed by atoms with Crippen LogP contribution in [0.2, 0.25) is 0 Å². The summed E-state index contributed by atoms with van der Waals surface area (Å²) in [6.45, 7) is 4.60. The summed E-state index contributed by atoms with van der Waals surface area (Å²) in [7, 11) is -3.68. The summed E-state index contributed by atoms with van der Waals surface area (Å²) in [5.74, 6) is -0.584. The van der Waals surface area contributed by atoms with Crippen LogP contribution in [0.15, 0.2) is 27.6 Å². The van der Waals surface area contributed by atoms with Gasteiger partial charge < -0.3 is 5.73 Å². The Labute approximate surface area is 139 Å². The van der Waals surface area contributed by atoms with Gasteiger partial charge in [-0.1, -0.05) is 13.8 Å². The van der Waals surface area contributed by atoms with Crippen molar-refractivity contribution in [3.63, 3.8) is 0 Å². The fourth-order valence-electron chi connectivity index (χ4n) is 2.32. The minimum Gasteiger partial charge on any atom is -0.327 e. The van der Waals surface area contributed by atoms with Crippen molar-refractivity contribution in [3.8, 4) is 0 Å². The number of sulfonamides is 1. The average Bonchev–Trinajstić information content (AvgIpc) is 2.35. The van der Waals surface area contributed by atoms with E-state index in [1.165, 1.54) is 16.4 Å². The first kappa shape index (κ1) is 18.8. The third-order valence-electron chi connectivity index (χ3n) is 3.81. The first-order chi connectivity index (χ1) is 9.14. The molecule has 1 aliphatic heterocycles. The average molecular weight is 402 g/mol. The second-order valence-electron chi connectivity index (χ2n) is 5.80. The molecule has 0 aliphatic carbocycles. The summed E-state index contributed by atoms with van der Waals surface area (Å²) in [6, 6.07) is 3.82. The Morgan fingerprint density at radius 3 is 2.57 bits per heavy atom. The predicted octanol–water partition coefficient (Wildman–Crippen LogP) is 2.76. The molecule has 2 N–H and O–H groups in total. The van der Waals surface area contributed by atoms with E-state index in [1.807, 2.05) is 13.8 Å². The minimum atomic E-state index is -3.68. The van der Waals surface area contributed by atoms with Crippen LogP contribution in [0.25, 0.3) is 0 Å². The van der Waals surface area contributed by atoms with E-state index in [2.05, 4.69) is 15.9 Å². The molecule has 21 heavy (non-hydrogen) atoms. The fourth-order valence-corrected chi connectivity index (χ4v) is 4.20. The molecule has 1 saturated heterocycles. The molecule has 8 heteroatoms. The van der Waals surface area contributed by atoms with Gasteiger partial charge in [-0.25, -0.2) is 12.8 Å². The maximum absolute atomic E-state index is 13.5. The number of hydrogen-bond acceptors (Lipinski definition) is 3. The van der Waals surface area contributed by atoms with Gasteiger partial charge in [-0.3, -0.25) is 0 Å². The monoisotopic (exact) mass is 400 g/mol. The summed E-state index contributed by atoms with van der Waals surface area (Å²) >= 11 is 3.02. The van der Waals surface area contributed by atoms with Crippen LogP contribution < -0.4 is 5.73 Å². The summed E-state index contributed by atoms with van der Waals surface area (Å²) in [6.07, 6.45) is 0.602. The number of nitrogens with zero attached hydrogens (tertiary/aromatic N) is 1. The van der Waals surface area contributed by atoms with E-state index in [0.717, 1.165) is 6.07 Å². The molecule has 1 aromatic carbocycles. The van der Waals surface area contributed by atoms with Crippen LogP contribution in [0.3, 0.4) is 0 Å². The van der Waals surface area contributed by atoms with Gasteiger partial charge in [0.15, 0.2) is 0 Å². The highest BCUT2D eigenvalue weighted by atomic mass is 79.9. The van der Waals surface area contributed by atoms with Gasteiger partial charge in [-0.2, -0.15) is 4.31 Å². The zero-order chi connectivity index (χ0) is 15.1. The molecular weight excluding hydrogens is 383 g/mol. The standard InChI is InChI=1S/C13H18BrFN2O2S.ClH/c1-13(2)8-17(6-5-12(13)16)20(18,19)9-3-4-10(14)11(15)7-9;/h3-4,7,12H,5-6,8,16H2,1-2H3;1H. The van der Waals surface area contributed by atoms with Gasteiger partial charge in [0.1, 0.15) is 5.82 Å². The molecule has 0 saturated carbocycles. The van der Waals surface area contributed by atoms with Crippen LogP contribution in [0.5, 0.6) is 0 Å². The van der Waals surface area contributed by atoms with Crippen molar-refractivity contribution >= 4 is 38.4 Å². The van der Waals surface area contributed by atoms with E-state index in [4.69, 9.17) is 5.73 Å². The molecule has 2 rings (SSSR count). The lowest BCUT2D eigenvalue weighted by atomic mass is 9.81. The number of benzene rings is 1. The molecule has 0 amide bonds. The first-order valence-corrected chi connectivity index (χ1v) is 8.59. The van der Waals surface area contributed by atoms with Gasteiger partial charge in [0.2, 0.25) is 10.0 Å². The minimum absolute atomic E-state index is 0.